The van der Waals surface area contributed by atoms with Crippen LogP contribution in [0.4, 0.5) is 5.82 Å². The monoisotopic (exact) mass is 322 g/mol. The van der Waals surface area contributed by atoms with Crippen LogP contribution in [0.1, 0.15) is 18.2 Å². The molecule has 0 unspecified atom stereocenters. The van der Waals surface area contributed by atoms with Gasteiger partial charge in [0.25, 0.3) is 5.56 Å². The van der Waals surface area contributed by atoms with Crippen molar-refractivity contribution < 1.29 is 0 Å². The summed E-state index contributed by atoms with van der Waals surface area (Å²) in [5.74, 6) is 0.800. The van der Waals surface area contributed by atoms with E-state index in [0.29, 0.717) is 16.7 Å². The summed E-state index contributed by atoms with van der Waals surface area (Å²) in [5, 5.41) is 3.18. The quantitative estimate of drug-likeness (QED) is 0.937. The highest BCUT2D eigenvalue weighted by molar-refractivity contribution is 9.10. The number of rotatable bonds is 4. The molecule has 2 heterocycles. The Labute approximate surface area is 119 Å². The van der Waals surface area contributed by atoms with Crippen molar-refractivity contribution in [2.24, 2.45) is 0 Å². The van der Waals surface area contributed by atoms with E-state index in [1.165, 1.54) is 0 Å². The second-order valence-electron chi connectivity index (χ2n) is 4.12. The Bertz CT molecular complexity index is 639. The Kier molecular flexibility index (Phi) is 4.31. The summed E-state index contributed by atoms with van der Waals surface area (Å²) in [6, 6.07) is 3.81. The van der Waals surface area contributed by atoms with E-state index in [1.807, 2.05) is 19.1 Å². The van der Waals surface area contributed by atoms with Crippen LogP contribution in [-0.4, -0.2) is 21.1 Å². The summed E-state index contributed by atoms with van der Waals surface area (Å²) in [6.45, 7) is 5.04. The van der Waals surface area contributed by atoms with Crippen molar-refractivity contribution in [1.29, 1.82) is 0 Å². The number of nitrogens with zero attached hydrogens (tertiary/aromatic N) is 3. The van der Waals surface area contributed by atoms with Gasteiger partial charge >= 0.3 is 0 Å². The van der Waals surface area contributed by atoms with Gasteiger partial charge in [0.05, 0.1) is 18.6 Å². The van der Waals surface area contributed by atoms with E-state index in [1.54, 1.807) is 24.0 Å². The second-order valence-corrected chi connectivity index (χ2v) is 4.91. The van der Waals surface area contributed by atoms with Crippen molar-refractivity contribution in [3.05, 3.63) is 50.7 Å². The predicted molar refractivity (Wildman–Crippen MR) is 78.4 cm³/mol. The maximum atomic E-state index is 12.1. The van der Waals surface area contributed by atoms with Gasteiger partial charge in [-0.05, 0) is 35.8 Å². The van der Waals surface area contributed by atoms with Gasteiger partial charge in [-0.25, -0.2) is 9.97 Å². The summed E-state index contributed by atoms with van der Waals surface area (Å²) < 4.78 is 2.07. The molecule has 0 bridgehead atoms. The van der Waals surface area contributed by atoms with Crippen molar-refractivity contribution in [3.63, 3.8) is 0 Å². The first-order valence-corrected chi connectivity index (χ1v) is 6.82. The van der Waals surface area contributed by atoms with Gasteiger partial charge in [0, 0.05) is 18.3 Å². The fraction of sp³-hybridized carbons (Fsp3) is 0.308. The lowest BCUT2D eigenvalue weighted by molar-refractivity contribution is 0.723. The van der Waals surface area contributed by atoms with Crippen LogP contribution in [-0.2, 0) is 6.54 Å². The fourth-order valence-corrected chi connectivity index (χ4v) is 2.07. The number of pyridine rings is 1. The van der Waals surface area contributed by atoms with E-state index >= 15 is 0 Å². The zero-order chi connectivity index (χ0) is 13.8. The predicted octanol–water partition coefficient (Wildman–Crippen LogP) is 2.19. The maximum Gasteiger partial charge on any atom is 0.268 e. The molecular weight excluding hydrogens is 308 g/mol. The molecule has 0 aliphatic rings. The van der Waals surface area contributed by atoms with Gasteiger partial charge in [0.15, 0.2) is 0 Å². The molecule has 5 nitrogen and oxygen atoms in total. The number of nitrogens with one attached hydrogen (secondary N) is 1. The summed E-state index contributed by atoms with van der Waals surface area (Å²) in [4.78, 5) is 20.6. The highest BCUT2D eigenvalue weighted by Crippen LogP contribution is 2.13. The molecule has 100 valence electrons. The highest BCUT2D eigenvalue weighted by Gasteiger charge is 2.08. The van der Waals surface area contributed by atoms with E-state index < -0.39 is 0 Å². The molecular formula is C13H15BrN4O. The topological polar surface area (TPSA) is 59.8 Å². The maximum absolute atomic E-state index is 12.1. The first-order valence-electron chi connectivity index (χ1n) is 6.02. The molecule has 19 heavy (non-hydrogen) atoms. The second kappa shape index (κ2) is 5.97. The van der Waals surface area contributed by atoms with Gasteiger partial charge in [0.1, 0.15) is 10.3 Å². The van der Waals surface area contributed by atoms with Crippen molar-refractivity contribution in [3.8, 4) is 0 Å². The van der Waals surface area contributed by atoms with Crippen LogP contribution in [0.3, 0.4) is 0 Å². The number of hydrogen-bond donors (Lipinski definition) is 1. The molecule has 0 amide bonds. The number of aromatic nitrogens is 3. The summed E-state index contributed by atoms with van der Waals surface area (Å²) in [7, 11) is 0. The van der Waals surface area contributed by atoms with E-state index in [-0.39, 0.29) is 5.56 Å². The van der Waals surface area contributed by atoms with Gasteiger partial charge in [-0.1, -0.05) is 6.07 Å². The average Bonchev–Trinajstić information content (AvgIpc) is 2.42. The molecule has 0 aliphatic heterocycles. The van der Waals surface area contributed by atoms with Crippen LogP contribution >= 0.6 is 15.9 Å². The standard InChI is InChI=1S/C13H15BrN4O/c1-3-15-12-10(5-4-6-16-12)7-18-8-17-9(2)11(14)13(18)19/h4-6,8H,3,7H2,1-2H3,(H,15,16). The molecule has 2 aromatic heterocycles. The molecule has 2 aromatic rings. The summed E-state index contributed by atoms with van der Waals surface area (Å²) in [5.41, 5.74) is 1.57. The minimum atomic E-state index is -0.0844. The van der Waals surface area contributed by atoms with E-state index in [9.17, 15) is 4.79 Å². The fourth-order valence-electron chi connectivity index (χ4n) is 1.74. The third-order valence-electron chi connectivity index (χ3n) is 2.73. The lowest BCUT2D eigenvalue weighted by atomic mass is 10.2. The number of aryl methyl sites for hydroxylation is 1. The van der Waals surface area contributed by atoms with Crippen molar-refractivity contribution in [1.82, 2.24) is 14.5 Å². The van der Waals surface area contributed by atoms with E-state index in [0.717, 1.165) is 17.9 Å². The van der Waals surface area contributed by atoms with E-state index in [4.69, 9.17) is 0 Å². The molecule has 0 saturated carbocycles. The highest BCUT2D eigenvalue weighted by atomic mass is 79.9. The SMILES string of the molecule is CCNc1ncccc1Cn1cnc(C)c(Br)c1=O. The third kappa shape index (κ3) is 3.01. The normalized spacial score (nSPS) is 10.5. The molecule has 0 spiro atoms. The molecule has 0 saturated heterocycles. The Balaban J connectivity index is 2.37. The van der Waals surface area contributed by atoms with E-state index in [2.05, 4.69) is 31.2 Å². The minimum Gasteiger partial charge on any atom is -0.370 e. The molecule has 0 fully saturated rings. The van der Waals surface area contributed by atoms with Gasteiger partial charge in [0.2, 0.25) is 0 Å². The van der Waals surface area contributed by atoms with Crippen LogP contribution in [0.5, 0.6) is 0 Å². The molecule has 0 radical (unpaired) electrons. The van der Waals surface area contributed by atoms with Crippen LogP contribution in [0.15, 0.2) is 33.9 Å². The lowest BCUT2D eigenvalue weighted by Gasteiger charge is -2.11. The van der Waals surface area contributed by atoms with Crippen LogP contribution in [0.25, 0.3) is 0 Å². The summed E-state index contributed by atoms with van der Waals surface area (Å²) >= 11 is 3.27. The molecule has 0 aliphatic carbocycles. The first kappa shape index (κ1) is 13.7. The Morgan fingerprint density at radius 1 is 1.42 bits per heavy atom. The first-order chi connectivity index (χ1) is 9.13. The Hall–Kier alpha value is -1.69. The molecule has 2 rings (SSSR count). The third-order valence-corrected chi connectivity index (χ3v) is 3.65. The molecule has 1 N–H and O–H groups in total. The number of anilines is 1. The van der Waals surface area contributed by atoms with Crippen LogP contribution in [0, 0.1) is 6.92 Å². The van der Waals surface area contributed by atoms with Gasteiger partial charge in [-0.3, -0.25) is 9.36 Å². The van der Waals surface area contributed by atoms with Gasteiger partial charge in [-0.2, -0.15) is 0 Å². The zero-order valence-electron chi connectivity index (χ0n) is 10.9. The van der Waals surface area contributed by atoms with Gasteiger partial charge in [-0.15, -0.1) is 0 Å². The lowest BCUT2D eigenvalue weighted by Crippen LogP contribution is -2.23. The number of hydrogen-bond acceptors (Lipinski definition) is 4. The number of halogens is 1. The van der Waals surface area contributed by atoms with Crippen molar-refractivity contribution in [2.45, 2.75) is 20.4 Å². The Morgan fingerprint density at radius 3 is 2.95 bits per heavy atom. The zero-order valence-corrected chi connectivity index (χ0v) is 12.4. The smallest absolute Gasteiger partial charge is 0.268 e. The molecule has 0 aromatic carbocycles. The van der Waals surface area contributed by atoms with Gasteiger partial charge < -0.3 is 5.32 Å². The van der Waals surface area contributed by atoms with Crippen molar-refractivity contribution >= 4 is 21.7 Å². The minimum absolute atomic E-state index is 0.0844. The van der Waals surface area contributed by atoms with Crippen LogP contribution < -0.4 is 10.9 Å². The van der Waals surface area contributed by atoms with Crippen molar-refractivity contribution in [2.75, 3.05) is 11.9 Å². The molecule has 6 heteroatoms. The Morgan fingerprint density at radius 2 is 2.21 bits per heavy atom. The van der Waals surface area contributed by atoms with Crippen LogP contribution in [0.2, 0.25) is 0 Å². The summed E-state index contributed by atoms with van der Waals surface area (Å²) in [6.07, 6.45) is 3.29. The largest absolute Gasteiger partial charge is 0.370 e. The molecule has 0 atom stereocenters. The average molecular weight is 323 g/mol.